The van der Waals surface area contributed by atoms with E-state index in [0.29, 0.717) is 0 Å². The van der Waals surface area contributed by atoms with Gasteiger partial charge in [-0.2, -0.15) is 0 Å². The number of hydrogen-bond donors (Lipinski definition) is 0. The lowest BCUT2D eigenvalue weighted by Crippen LogP contribution is -2.19. The van der Waals surface area contributed by atoms with Gasteiger partial charge in [-0.1, -0.05) is 36.5 Å². The highest BCUT2D eigenvalue weighted by molar-refractivity contribution is 6.52. The van der Waals surface area contributed by atoms with Crippen molar-refractivity contribution in [2.24, 2.45) is 0 Å². The van der Waals surface area contributed by atoms with Crippen molar-refractivity contribution in [3.05, 3.63) is 24.3 Å². The molecule has 0 bridgehead atoms. The van der Waals surface area contributed by atoms with E-state index in [-0.39, 0.29) is 0 Å². The minimum atomic E-state index is -1.04. The van der Waals surface area contributed by atoms with Crippen LogP contribution in [0.4, 0.5) is 0 Å². The predicted octanol–water partition coefficient (Wildman–Crippen LogP) is 3.11. The molecule has 0 aliphatic heterocycles. The van der Waals surface area contributed by atoms with Crippen LogP contribution in [0.15, 0.2) is 24.3 Å². The van der Waals surface area contributed by atoms with Crippen molar-refractivity contribution in [2.75, 3.05) is 7.11 Å². The Hall–Kier alpha value is -0.648. The molecule has 0 saturated heterocycles. The van der Waals surface area contributed by atoms with Crippen LogP contribution in [0.2, 0.25) is 10.6 Å². The minimum absolute atomic E-state index is 0.840. The Kier molecular flexibility index (Phi) is 4.86. The quantitative estimate of drug-likeness (QED) is 0.692. The monoisotopic (exact) mass is 208 g/mol. The average molecular weight is 208 g/mol. The molecule has 1 aromatic rings. The van der Waals surface area contributed by atoms with Crippen molar-refractivity contribution in [3.63, 3.8) is 0 Å². The summed E-state index contributed by atoms with van der Waals surface area (Å²) in [6.45, 7) is 4.38. The second kappa shape index (κ2) is 5.95. The number of benzene rings is 1. The van der Waals surface area contributed by atoms with E-state index in [2.05, 4.69) is 13.8 Å². The topological polar surface area (TPSA) is 18.5 Å². The second-order valence-electron chi connectivity index (χ2n) is 3.21. The third-order valence-corrected chi connectivity index (χ3v) is 4.68. The smallest absolute Gasteiger partial charge is 0.546 e. The second-order valence-corrected chi connectivity index (χ2v) is 6.32. The fraction of sp³-hybridized carbons (Fsp3) is 0.455. The molecule has 0 spiro atoms. The van der Waals surface area contributed by atoms with Gasteiger partial charge in [0.25, 0.3) is 0 Å². The molecule has 0 heterocycles. The number of hydrogen-bond acceptors (Lipinski definition) is 2. The summed E-state index contributed by atoms with van der Waals surface area (Å²) in [5, 5.41) is 2.32. The molecule has 1 rings (SSSR count). The summed E-state index contributed by atoms with van der Waals surface area (Å²) in [7, 11) is 1.68. The standard InChI is InChI=1S/C7H8O2.2C2H5.Al/c1-9-7-5-3-2-4-6(7)8;2*1-2;/h2-5,8H,1H3;2*1H2,2H3;/q;;;+1/p-1. The van der Waals surface area contributed by atoms with E-state index in [4.69, 9.17) is 8.53 Å². The fourth-order valence-corrected chi connectivity index (χ4v) is 2.82. The van der Waals surface area contributed by atoms with Crippen LogP contribution in [-0.2, 0) is 0 Å². The Balaban J connectivity index is 2.74. The summed E-state index contributed by atoms with van der Waals surface area (Å²) in [4.78, 5) is 0. The van der Waals surface area contributed by atoms with E-state index < -0.39 is 14.5 Å². The highest BCUT2D eigenvalue weighted by Crippen LogP contribution is 2.27. The van der Waals surface area contributed by atoms with Crippen LogP contribution in [0.25, 0.3) is 0 Å². The number of rotatable bonds is 5. The van der Waals surface area contributed by atoms with Crippen LogP contribution in [0.5, 0.6) is 11.5 Å². The Labute approximate surface area is 90.6 Å². The molecule has 2 nitrogen and oxygen atoms in total. The molecule has 0 atom stereocenters. The highest BCUT2D eigenvalue weighted by atomic mass is 27.2. The van der Waals surface area contributed by atoms with Gasteiger partial charge < -0.3 is 8.53 Å². The third kappa shape index (κ3) is 2.94. The molecule has 0 aromatic heterocycles. The lowest BCUT2D eigenvalue weighted by Gasteiger charge is -2.15. The van der Waals surface area contributed by atoms with Crippen LogP contribution < -0.4 is 8.53 Å². The molecule has 0 aliphatic rings. The van der Waals surface area contributed by atoms with E-state index in [9.17, 15) is 0 Å². The summed E-state index contributed by atoms with van der Waals surface area (Å²) >= 11 is -1.04. The van der Waals surface area contributed by atoms with Crippen molar-refractivity contribution in [3.8, 4) is 11.5 Å². The van der Waals surface area contributed by atoms with E-state index in [0.717, 1.165) is 22.1 Å². The summed E-state index contributed by atoms with van der Waals surface area (Å²) < 4.78 is 11.2. The maximum atomic E-state index is 5.95. The van der Waals surface area contributed by atoms with Crippen LogP contribution in [0, 0.1) is 0 Å². The van der Waals surface area contributed by atoms with Crippen molar-refractivity contribution >= 4 is 14.5 Å². The zero-order chi connectivity index (χ0) is 10.4. The molecule has 0 radical (unpaired) electrons. The summed E-state index contributed by atoms with van der Waals surface area (Å²) in [6.07, 6.45) is 0. The van der Waals surface area contributed by atoms with E-state index in [1.165, 1.54) is 0 Å². The molecule has 0 amide bonds. The first kappa shape index (κ1) is 11.4. The van der Waals surface area contributed by atoms with Crippen molar-refractivity contribution in [1.82, 2.24) is 0 Å². The highest BCUT2D eigenvalue weighted by Gasteiger charge is 2.19. The number of methoxy groups -OCH3 is 1. The van der Waals surface area contributed by atoms with E-state index >= 15 is 0 Å². The molecule has 3 heteroatoms. The third-order valence-electron chi connectivity index (χ3n) is 2.27. The minimum Gasteiger partial charge on any atom is -0.640 e. The normalized spacial score (nSPS) is 9.64. The first-order chi connectivity index (χ1) is 6.81. The fourth-order valence-electron chi connectivity index (χ4n) is 1.35. The Morgan fingerprint density at radius 1 is 1.07 bits per heavy atom. The van der Waals surface area contributed by atoms with Crippen LogP contribution in [0.3, 0.4) is 0 Å². The molecule has 0 N–H and O–H groups in total. The van der Waals surface area contributed by atoms with E-state index in [1.54, 1.807) is 7.11 Å². The average Bonchev–Trinajstić information content (AvgIpc) is 2.26. The van der Waals surface area contributed by atoms with Gasteiger partial charge in [-0.25, -0.2) is 0 Å². The maximum absolute atomic E-state index is 5.95. The maximum Gasteiger partial charge on any atom is 0.546 e. The lowest BCUT2D eigenvalue weighted by molar-refractivity contribution is 0.393. The van der Waals surface area contributed by atoms with Gasteiger partial charge in [-0.15, -0.1) is 0 Å². The van der Waals surface area contributed by atoms with Gasteiger partial charge in [-0.05, 0) is 12.1 Å². The van der Waals surface area contributed by atoms with Crippen LogP contribution in [-0.4, -0.2) is 21.6 Å². The molecular formula is C11H17AlO2. The molecule has 0 saturated carbocycles. The molecule has 1 aromatic carbocycles. The van der Waals surface area contributed by atoms with Crippen molar-refractivity contribution < 1.29 is 8.53 Å². The summed E-state index contributed by atoms with van der Waals surface area (Å²) in [6, 6.07) is 7.85. The van der Waals surface area contributed by atoms with Gasteiger partial charge in [0.1, 0.15) is 5.75 Å². The molecular weight excluding hydrogens is 191 g/mol. The first-order valence-electron chi connectivity index (χ1n) is 5.11. The zero-order valence-corrected chi connectivity index (χ0v) is 10.3. The Morgan fingerprint density at radius 2 is 1.64 bits per heavy atom. The lowest BCUT2D eigenvalue weighted by atomic mass is 10.3. The van der Waals surface area contributed by atoms with Crippen LogP contribution >= 0.6 is 0 Å². The SMILES string of the molecule is C[CH2][Al]([CH2]C)[O]c1ccccc1OC. The molecule has 76 valence electrons. The zero-order valence-electron chi connectivity index (χ0n) is 9.12. The predicted molar refractivity (Wildman–Crippen MR) is 60.3 cm³/mol. The van der Waals surface area contributed by atoms with Gasteiger partial charge in [-0.3, -0.25) is 0 Å². The molecule has 0 fully saturated rings. The summed E-state index contributed by atoms with van der Waals surface area (Å²) in [5.41, 5.74) is 0. The molecule has 0 aliphatic carbocycles. The van der Waals surface area contributed by atoms with Gasteiger partial charge >= 0.3 is 14.5 Å². The van der Waals surface area contributed by atoms with Gasteiger partial charge in [0.15, 0.2) is 5.75 Å². The van der Waals surface area contributed by atoms with Crippen molar-refractivity contribution in [1.29, 1.82) is 0 Å². The Bertz CT molecular complexity index is 272. The molecule has 14 heavy (non-hydrogen) atoms. The van der Waals surface area contributed by atoms with Crippen LogP contribution in [0.1, 0.15) is 13.8 Å². The molecule has 0 unspecified atom stereocenters. The van der Waals surface area contributed by atoms with Gasteiger partial charge in [0.2, 0.25) is 0 Å². The van der Waals surface area contributed by atoms with Crippen molar-refractivity contribution in [2.45, 2.75) is 24.4 Å². The number of ether oxygens (including phenoxy) is 1. The first-order valence-corrected chi connectivity index (χ1v) is 7.21. The number of para-hydroxylation sites is 2. The Morgan fingerprint density at radius 3 is 2.14 bits per heavy atom. The summed E-state index contributed by atoms with van der Waals surface area (Å²) in [5.74, 6) is 1.74. The van der Waals surface area contributed by atoms with Gasteiger partial charge in [0.05, 0.1) is 7.11 Å². The van der Waals surface area contributed by atoms with Gasteiger partial charge in [0, 0.05) is 0 Å². The largest absolute Gasteiger partial charge is 0.640 e. The van der Waals surface area contributed by atoms with E-state index in [1.807, 2.05) is 24.3 Å².